The lowest BCUT2D eigenvalue weighted by Crippen LogP contribution is -2.14. The van der Waals surface area contributed by atoms with E-state index >= 15 is 0 Å². The van der Waals surface area contributed by atoms with Gasteiger partial charge in [0.2, 0.25) is 0 Å². The van der Waals surface area contributed by atoms with Gasteiger partial charge in [0.25, 0.3) is 0 Å². The second-order valence-corrected chi connectivity index (χ2v) is 12.5. The van der Waals surface area contributed by atoms with Gasteiger partial charge in [-0.2, -0.15) is 0 Å². The first kappa shape index (κ1) is 24.4. The van der Waals surface area contributed by atoms with Crippen molar-refractivity contribution >= 4 is 37.7 Å². The molecule has 0 saturated heterocycles. The molecule has 0 aliphatic heterocycles. The highest BCUT2D eigenvalue weighted by Gasteiger charge is 2.35. The number of nitrogens with zero attached hydrogens (tertiary/aromatic N) is 1. The lowest BCUT2D eigenvalue weighted by Gasteiger charge is -2.21. The summed E-state index contributed by atoms with van der Waals surface area (Å²) in [6.07, 6.45) is 0. The van der Waals surface area contributed by atoms with Crippen molar-refractivity contribution in [3.63, 3.8) is 0 Å². The number of benzene rings is 6. The molecule has 1 aliphatic carbocycles. The van der Waals surface area contributed by atoms with Crippen LogP contribution in [-0.4, -0.2) is 4.57 Å². The van der Waals surface area contributed by atoms with E-state index in [0.717, 1.165) is 4.47 Å². The maximum Gasteiger partial charge on any atom is 0.0547 e. The highest BCUT2D eigenvalue weighted by molar-refractivity contribution is 9.10. The monoisotopic (exact) mass is 589 g/mol. The number of hydrogen-bond donors (Lipinski definition) is 0. The molecule has 1 aliphatic rings. The van der Waals surface area contributed by atoms with Gasteiger partial charge in [-0.05, 0) is 87.0 Å². The SMILES string of the molecule is CC1(C)c2ccccc2-c2cc(-n3c4ccccc4c4ccc(-c5cccc(-c6cccc(Br)c6)c5)cc43)ccc21. The molecule has 0 atom stereocenters. The molecule has 0 fully saturated rings. The summed E-state index contributed by atoms with van der Waals surface area (Å²) in [4.78, 5) is 0. The molecule has 6 aromatic carbocycles. The van der Waals surface area contributed by atoms with E-state index in [4.69, 9.17) is 0 Å². The van der Waals surface area contributed by atoms with Crippen molar-refractivity contribution in [2.24, 2.45) is 0 Å². The third-order valence-corrected chi connectivity index (χ3v) is 9.35. The minimum Gasteiger partial charge on any atom is -0.309 e. The van der Waals surface area contributed by atoms with Gasteiger partial charge in [0.1, 0.15) is 0 Å². The molecular formula is C39H28BrN. The molecule has 0 amide bonds. The lowest BCUT2D eigenvalue weighted by atomic mass is 9.82. The van der Waals surface area contributed by atoms with Crippen LogP contribution in [0.5, 0.6) is 0 Å². The largest absolute Gasteiger partial charge is 0.309 e. The predicted molar refractivity (Wildman–Crippen MR) is 177 cm³/mol. The predicted octanol–water partition coefficient (Wildman–Crippen LogP) is 11.2. The van der Waals surface area contributed by atoms with E-state index in [-0.39, 0.29) is 5.41 Å². The average Bonchev–Trinajstić information content (AvgIpc) is 3.45. The molecule has 1 heterocycles. The normalized spacial score (nSPS) is 13.4. The van der Waals surface area contributed by atoms with Crippen LogP contribution in [0.4, 0.5) is 0 Å². The highest BCUT2D eigenvalue weighted by atomic mass is 79.9. The third-order valence-electron chi connectivity index (χ3n) is 8.85. The molecule has 0 saturated carbocycles. The van der Waals surface area contributed by atoms with E-state index in [1.54, 1.807) is 0 Å². The van der Waals surface area contributed by atoms with Crippen LogP contribution in [0.15, 0.2) is 138 Å². The fourth-order valence-electron chi connectivity index (χ4n) is 6.82. The van der Waals surface area contributed by atoms with E-state index in [0.29, 0.717) is 0 Å². The first-order chi connectivity index (χ1) is 20.0. The minimum atomic E-state index is -0.00218. The number of hydrogen-bond acceptors (Lipinski definition) is 0. The summed E-state index contributed by atoms with van der Waals surface area (Å²) in [5.74, 6) is 0. The molecule has 41 heavy (non-hydrogen) atoms. The lowest BCUT2D eigenvalue weighted by molar-refractivity contribution is 0.660. The van der Waals surface area contributed by atoms with E-state index in [1.165, 1.54) is 72.0 Å². The zero-order chi connectivity index (χ0) is 27.7. The third kappa shape index (κ3) is 3.74. The smallest absolute Gasteiger partial charge is 0.0547 e. The first-order valence-electron chi connectivity index (χ1n) is 14.1. The van der Waals surface area contributed by atoms with E-state index < -0.39 is 0 Å². The van der Waals surface area contributed by atoms with Gasteiger partial charge in [-0.15, -0.1) is 0 Å². The van der Waals surface area contributed by atoms with E-state index in [2.05, 4.69) is 168 Å². The Bertz CT molecular complexity index is 2150. The van der Waals surface area contributed by atoms with Crippen molar-refractivity contribution < 1.29 is 0 Å². The van der Waals surface area contributed by atoms with Gasteiger partial charge in [0, 0.05) is 26.3 Å². The van der Waals surface area contributed by atoms with E-state index in [9.17, 15) is 0 Å². The molecule has 0 unspecified atom stereocenters. The molecular weight excluding hydrogens is 562 g/mol. The number of halogens is 1. The zero-order valence-corrected chi connectivity index (χ0v) is 24.6. The van der Waals surface area contributed by atoms with Crippen LogP contribution in [0.25, 0.3) is 60.9 Å². The van der Waals surface area contributed by atoms with Gasteiger partial charge in [-0.25, -0.2) is 0 Å². The molecule has 196 valence electrons. The van der Waals surface area contributed by atoms with Gasteiger partial charge in [-0.3, -0.25) is 0 Å². The maximum atomic E-state index is 3.63. The summed E-state index contributed by atoms with van der Waals surface area (Å²) in [5, 5.41) is 2.55. The number of fused-ring (bicyclic) bond motifs is 6. The summed E-state index contributed by atoms with van der Waals surface area (Å²) in [6.45, 7) is 4.68. The summed E-state index contributed by atoms with van der Waals surface area (Å²) in [5.41, 5.74) is 14.0. The molecule has 1 nitrogen and oxygen atoms in total. The maximum absolute atomic E-state index is 3.63. The van der Waals surface area contributed by atoms with Crippen molar-refractivity contribution in [3.05, 3.63) is 149 Å². The Kier molecular flexibility index (Phi) is 5.39. The van der Waals surface area contributed by atoms with Crippen molar-refractivity contribution in [2.75, 3.05) is 0 Å². The Morgan fingerprint density at radius 3 is 1.98 bits per heavy atom. The molecule has 0 spiro atoms. The Morgan fingerprint density at radius 2 is 1.15 bits per heavy atom. The van der Waals surface area contributed by atoms with Gasteiger partial charge in [-0.1, -0.05) is 121 Å². The fourth-order valence-corrected chi connectivity index (χ4v) is 7.22. The molecule has 7 aromatic rings. The molecule has 0 N–H and O–H groups in total. The fraction of sp³-hybridized carbons (Fsp3) is 0.0769. The van der Waals surface area contributed by atoms with Crippen molar-refractivity contribution in [1.82, 2.24) is 4.57 Å². The number of para-hydroxylation sites is 1. The standard InChI is InChI=1S/C39H28BrN/c1-39(2)35-15-5-3-13-31(35)34-24-30(18-20-36(34)39)41-37-16-6-4-14-32(37)33-19-17-28(23-38(33)41)26-10-7-9-25(21-26)27-11-8-12-29(40)22-27/h3-24H,1-2H3. The van der Waals surface area contributed by atoms with Gasteiger partial charge in [0.15, 0.2) is 0 Å². The summed E-state index contributed by atoms with van der Waals surface area (Å²) in [6, 6.07) is 49.0. The van der Waals surface area contributed by atoms with Crippen LogP contribution >= 0.6 is 15.9 Å². The first-order valence-corrected chi connectivity index (χ1v) is 14.9. The Labute approximate surface area is 248 Å². The average molecular weight is 591 g/mol. The van der Waals surface area contributed by atoms with Crippen molar-refractivity contribution in [1.29, 1.82) is 0 Å². The molecule has 1 aromatic heterocycles. The number of aromatic nitrogens is 1. The van der Waals surface area contributed by atoms with Gasteiger partial charge < -0.3 is 4.57 Å². The summed E-state index contributed by atoms with van der Waals surface area (Å²) < 4.78 is 3.53. The minimum absolute atomic E-state index is 0.00218. The van der Waals surface area contributed by atoms with Crippen molar-refractivity contribution in [3.8, 4) is 39.1 Å². The Hall–Kier alpha value is -4.40. The van der Waals surface area contributed by atoms with Crippen LogP contribution in [-0.2, 0) is 5.41 Å². The highest BCUT2D eigenvalue weighted by Crippen LogP contribution is 2.49. The van der Waals surface area contributed by atoms with Crippen LogP contribution in [0.3, 0.4) is 0 Å². The number of rotatable bonds is 3. The van der Waals surface area contributed by atoms with Crippen LogP contribution in [0.1, 0.15) is 25.0 Å². The quantitative estimate of drug-likeness (QED) is 0.193. The molecule has 0 bridgehead atoms. The van der Waals surface area contributed by atoms with Gasteiger partial charge >= 0.3 is 0 Å². The molecule has 2 heteroatoms. The Balaban J connectivity index is 1.34. The van der Waals surface area contributed by atoms with Crippen LogP contribution in [0, 0.1) is 0 Å². The van der Waals surface area contributed by atoms with Crippen LogP contribution < -0.4 is 0 Å². The van der Waals surface area contributed by atoms with E-state index in [1.807, 2.05) is 0 Å². The zero-order valence-electron chi connectivity index (χ0n) is 23.0. The molecule has 8 rings (SSSR count). The molecule has 0 radical (unpaired) electrons. The summed E-state index contributed by atoms with van der Waals surface area (Å²) >= 11 is 3.63. The van der Waals surface area contributed by atoms with Gasteiger partial charge in [0.05, 0.1) is 11.0 Å². The summed E-state index contributed by atoms with van der Waals surface area (Å²) in [7, 11) is 0. The second-order valence-electron chi connectivity index (χ2n) is 11.6. The topological polar surface area (TPSA) is 4.93 Å². The van der Waals surface area contributed by atoms with Crippen LogP contribution in [0.2, 0.25) is 0 Å². The second kappa shape index (κ2) is 9.06. The Morgan fingerprint density at radius 1 is 0.488 bits per heavy atom. The van der Waals surface area contributed by atoms with Crippen molar-refractivity contribution in [2.45, 2.75) is 19.3 Å².